The Balaban J connectivity index is 4.41. The van der Waals surface area contributed by atoms with Crippen molar-refractivity contribution >= 4 is 8.80 Å². The number of hydrogen-bond acceptors (Lipinski definition) is 0. The second-order valence-corrected chi connectivity index (χ2v) is 8.30. The lowest BCUT2D eigenvalue weighted by molar-refractivity contribution is 0.401. The third-order valence-electron chi connectivity index (χ3n) is 3.81. The second kappa shape index (κ2) is 8.38. The molecule has 0 saturated carbocycles. The SMILES string of the molecule is CCCCC(CCC)(CCCC)[Si](C)C. The van der Waals surface area contributed by atoms with Crippen molar-refractivity contribution in [2.45, 2.75) is 90.3 Å². The van der Waals surface area contributed by atoms with Gasteiger partial charge in [-0.05, 0) is 5.04 Å². The summed E-state index contributed by atoms with van der Waals surface area (Å²) in [5.74, 6) is 0. The summed E-state index contributed by atoms with van der Waals surface area (Å²) in [4.78, 5) is 0. The molecule has 0 rings (SSSR count). The molecule has 0 aliphatic heterocycles. The van der Waals surface area contributed by atoms with Crippen molar-refractivity contribution in [2.24, 2.45) is 0 Å². The van der Waals surface area contributed by atoms with Gasteiger partial charge in [0.1, 0.15) is 0 Å². The summed E-state index contributed by atoms with van der Waals surface area (Å²) in [5.41, 5.74) is 0. The van der Waals surface area contributed by atoms with Gasteiger partial charge in [0.15, 0.2) is 0 Å². The largest absolute Gasteiger partial charge is 0.0709 e. The van der Waals surface area contributed by atoms with E-state index in [-0.39, 0.29) is 8.80 Å². The molecular weight excluding hydrogens is 196 g/mol. The minimum atomic E-state index is -0.140. The molecule has 0 aromatic rings. The molecule has 0 aromatic heterocycles. The Labute approximate surface area is 99.5 Å². The number of unbranched alkanes of at least 4 members (excludes halogenated alkanes) is 2. The maximum Gasteiger partial charge on any atom is 0.0480 e. The van der Waals surface area contributed by atoms with Crippen molar-refractivity contribution in [1.29, 1.82) is 0 Å². The minimum Gasteiger partial charge on any atom is -0.0709 e. The van der Waals surface area contributed by atoms with Crippen LogP contribution in [0.3, 0.4) is 0 Å². The van der Waals surface area contributed by atoms with E-state index in [4.69, 9.17) is 0 Å². The highest BCUT2D eigenvalue weighted by molar-refractivity contribution is 6.59. The van der Waals surface area contributed by atoms with Crippen LogP contribution >= 0.6 is 0 Å². The van der Waals surface area contributed by atoms with E-state index in [0.29, 0.717) is 0 Å². The first kappa shape index (κ1) is 15.2. The van der Waals surface area contributed by atoms with Gasteiger partial charge in [0.2, 0.25) is 0 Å². The van der Waals surface area contributed by atoms with Crippen molar-refractivity contribution in [3.63, 3.8) is 0 Å². The smallest absolute Gasteiger partial charge is 0.0480 e. The van der Waals surface area contributed by atoms with Crippen LogP contribution in [0.15, 0.2) is 0 Å². The summed E-state index contributed by atoms with van der Waals surface area (Å²) in [6, 6.07) is 0. The average Bonchev–Trinajstić information content (AvgIpc) is 2.22. The molecule has 1 heteroatoms. The molecule has 0 saturated heterocycles. The van der Waals surface area contributed by atoms with E-state index in [1.807, 2.05) is 0 Å². The molecule has 0 nitrogen and oxygen atoms in total. The first-order valence-electron chi connectivity index (χ1n) is 6.93. The summed E-state index contributed by atoms with van der Waals surface area (Å²) in [6.45, 7) is 12.1. The fourth-order valence-electron chi connectivity index (χ4n) is 2.63. The van der Waals surface area contributed by atoms with Crippen LogP contribution in [0.4, 0.5) is 0 Å². The topological polar surface area (TPSA) is 0 Å². The molecule has 0 atom stereocenters. The van der Waals surface area contributed by atoms with Crippen molar-refractivity contribution in [3.05, 3.63) is 0 Å². The number of hydrogen-bond donors (Lipinski definition) is 0. The predicted octanol–water partition coefficient (Wildman–Crippen LogP) is 5.66. The highest BCUT2D eigenvalue weighted by atomic mass is 28.3. The maximum atomic E-state index is 2.53. The summed E-state index contributed by atoms with van der Waals surface area (Å²) in [7, 11) is -0.140. The van der Waals surface area contributed by atoms with E-state index >= 15 is 0 Å². The molecular formula is C14H31Si. The Kier molecular flexibility index (Phi) is 8.50. The van der Waals surface area contributed by atoms with Gasteiger partial charge in [-0.1, -0.05) is 85.2 Å². The lowest BCUT2D eigenvalue weighted by Crippen LogP contribution is -2.27. The zero-order valence-corrected chi connectivity index (χ0v) is 12.7. The Morgan fingerprint density at radius 3 is 1.47 bits per heavy atom. The zero-order chi connectivity index (χ0) is 11.7. The summed E-state index contributed by atoms with van der Waals surface area (Å²) in [5, 5.41) is 0.755. The molecule has 91 valence electrons. The van der Waals surface area contributed by atoms with Crippen molar-refractivity contribution in [2.75, 3.05) is 0 Å². The van der Waals surface area contributed by atoms with Crippen LogP contribution in [0.5, 0.6) is 0 Å². The molecule has 0 aromatic carbocycles. The maximum absolute atomic E-state index is 2.53. The quantitative estimate of drug-likeness (QED) is 0.446. The molecule has 0 N–H and O–H groups in total. The van der Waals surface area contributed by atoms with E-state index in [2.05, 4.69) is 33.9 Å². The van der Waals surface area contributed by atoms with Gasteiger partial charge in [0.25, 0.3) is 0 Å². The minimum absolute atomic E-state index is 0.140. The van der Waals surface area contributed by atoms with Crippen LogP contribution in [-0.2, 0) is 0 Å². The molecule has 0 aliphatic rings. The average molecular weight is 227 g/mol. The van der Waals surface area contributed by atoms with E-state index in [9.17, 15) is 0 Å². The van der Waals surface area contributed by atoms with E-state index in [1.165, 1.54) is 51.4 Å². The van der Waals surface area contributed by atoms with Gasteiger partial charge in [-0.3, -0.25) is 0 Å². The third-order valence-corrected chi connectivity index (χ3v) is 6.68. The highest BCUT2D eigenvalue weighted by Crippen LogP contribution is 2.45. The van der Waals surface area contributed by atoms with E-state index in [1.54, 1.807) is 0 Å². The molecule has 0 amide bonds. The fourth-order valence-corrected chi connectivity index (χ4v) is 4.74. The van der Waals surface area contributed by atoms with Crippen LogP contribution in [0.2, 0.25) is 18.1 Å². The first-order valence-corrected chi connectivity index (χ1v) is 9.43. The number of rotatable bonds is 9. The molecule has 1 radical (unpaired) electrons. The second-order valence-electron chi connectivity index (χ2n) is 5.24. The molecule has 0 aliphatic carbocycles. The Morgan fingerprint density at radius 1 is 0.733 bits per heavy atom. The van der Waals surface area contributed by atoms with Gasteiger partial charge in [-0.25, -0.2) is 0 Å². The normalized spacial score (nSPS) is 12.4. The van der Waals surface area contributed by atoms with Crippen molar-refractivity contribution in [3.8, 4) is 0 Å². The Hall–Kier alpha value is 0.217. The zero-order valence-electron chi connectivity index (χ0n) is 11.7. The molecule has 0 fully saturated rings. The Morgan fingerprint density at radius 2 is 1.20 bits per heavy atom. The summed E-state index contributed by atoms with van der Waals surface area (Å²) in [6.07, 6.45) is 11.5. The van der Waals surface area contributed by atoms with Crippen LogP contribution in [0.1, 0.15) is 72.1 Å². The monoisotopic (exact) mass is 227 g/mol. The van der Waals surface area contributed by atoms with Gasteiger partial charge >= 0.3 is 0 Å². The van der Waals surface area contributed by atoms with Gasteiger partial charge in [0, 0.05) is 8.80 Å². The van der Waals surface area contributed by atoms with Gasteiger partial charge in [-0.15, -0.1) is 0 Å². The van der Waals surface area contributed by atoms with Gasteiger partial charge < -0.3 is 0 Å². The van der Waals surface area contributed by atoms with Crippen LogP contribution in [0.25, 0.3) is 0 Å². The molecule has 0 heterocycles. The summed E-state index contributed by atoms with van der Waals surface area (Å²) < 4.78 is 0. The molecule has 0 bridgehead atoms. The van der Waals surface area contributed by atoms with E-state index in [0.717, 1.165) is 5.04 Å². The van der Waals surface area contributed by atoms with Crippen molar-refractivity contribution < 1.29 is 0 Å². The van der Waals surface area contributed by atoms with Crippen LogP contribution in [0, 0.1) is 0 Å². The highest BCUT2D eigenvalue weighted by Gasteiger charge is 2.32. The predicted molar refractivity (Wildman–Crippen MR) is 74.1 cm³/mol. The molecule has 15 heavy (non-hydrogen) atoms. The lowest BCUT2D eigenvalue weighted by Gasteiger charge is -2.37. The van der Waals surface area contributed by atoms with Crippen LogP contribution in [-0.4, -0.2) is 8.80 Å². The van der Waals surface area contributed by atoms with E-state index < -0.39 is 0 Å². The fraction of sp³-hybridized carbons (Fsp3) is 1.00. The van der Waals surface area contributed by atoms with Crippen LogP contribution < -0.4 is 0 Å². The molecule has 0 spiro atoms. The molecule has 0 unspecified atom stereocenters. The van der Waals surface area contributed by atoms with Gasteiger partial charge in [0.05, 0.1) is 0 Å². The lowest BCUT2D eigenvalue weighted by atomic mass is 9.90. The van der Waals surface area contributed by atoms with Crippen molar-refractivity contribution in [1.82, 2.24) is 0 Å². The van der Waals surface area contributed by atoms with Gasteiger partial charge in [-0.2, -0.15) is 0 Å². The Bertz CT molecular complexity index is 132. The third kappa shape index (κ3) is 5.19. The first-order chi connectivity index (χ1) is 7.13. The summed E-state index contributed by atoms with van der Waals surface area (Å²) >= 11 is 0. The standard InChI is InChI=1S/C14H31Si/c1-6-9-12-14(11-8-3,15(4)5)13-10-7-2/h6-13H2,1-5H3.